The highest BCUT2D eigenvalue weighted by Gasteiger charge is 2.17. The summed E-state index contributed by atoms with van der Waals surface area (Å²) >= 11 is 0. The number of ketones is 1. The number of oxime groups is 1. The number of hydrogen-bond acceptors (Lipinski definition) is 7. The van der Waals surface area contributed by atoms with Crippen molar-refractivity contribution in [3.8, 4) is 5.75 Å². The second-order valence-corrected chi connectivity index (χ2v) is 9.70. The molecule has 0 saturated heterocycles. The quantitative estimate of drug-likeness (QED) is 0.0467. The van der Waals surface area contributed by atoms with Crippen LogP contribution < -0.4 is 4.74 Å². The number of ether oxygens (including phenoxy) is 2. The van der Waals surface area contributed by atoms with E-state index in [1.807, 2.05) is 83.4 Å². The van der Waals surface area contributed by atoms with Gasteiger partial charge in [-0.1, -0.05) is 59.8 Å². The van der Waals surface area contributed by atoms with Crippen LogP contribution in [0.4, 0.5) is 0 Å². The Balaban J connectivity index is 1.41. The van der Waals surface area contributed by atoms with Gasteiger partial charge in [-0.2, -0.15) is 0 Å². The molecule has 5 aromatic rings. The van der Waals surface area contributed by atoms with Crippen LogP contribution in [0.5, 0.6) is 5.75 Å². The third kappa shape index (κ3) is 6.55. The standard InChI is InChI=1S/C34H30N2O6/c1-23(35-42-24(2)37)26-13-15-31-29(21-26)30-22-27(34(39)25-9-5-3-6-10-25)14-16-32(30)36(31)18-17-33(38)41-20-19-40-28-11-7-4-8-12-28/h3-16,21-22H,17-20H2,1-2H3/b35-23-. The normalized spacial score (nSPS) is 11.4. The van der Waals surface area contributed by atoms with Crippen molar-refractivity contribution in [1.29, 1.82) is 0 Å². The molecule has 8 heteroatoms. The average Bonchev–Trinajstić information content (AvgIpc) is 3.33. The van der Waals surface area contributed by atoms with Gasteiger partial charge in [-0.25, -0.2) is 4.79 Å². The Labute approximate surface area is 243 Å². The van der Waals surface area contributed by atoms with Crippen molar-refractivity contribution in [2.24, 2.45) is 5.16 Å². The molecule has 42 heavy (non-hydrogen) atoms. The minimum absolute atomic E-state index is 0.0801. The maximum atomic E-state index is 13.2. The molecule has 0 amide bonds. The molecule has 0 spiro atoms. The number of hydrogen-bond donors (Lipinski definition) is 0. The summed E-state index contributed by atoms with van der Waals surface area (Å²) in [5, 5.41) is 5.66. The molecule has 0 unspecified atom stereocenters. The molecule has 4 aromatic carbocycles. The molecule has 0 bridgehead atoms. The SMILES string of the molecule is CC(=O)O/N=C(/C)c1ccc2c(c1)c1cc(C(=O)c3ccccc3)ccc1n2CCC(=O)OCCOc1ccccc1. The molecule has 0 radical (unpaired) electrons. The topological polar surface area (TPSA) is 96.2 Å². The Hall–Kier alpha value is -5.24. The van der Waals surface area contributed by atoms with Gasteiger partial charge in [-0.15, -0.1) is 0 Å². The largest absolute Gasteiger partial charge is 0.490 e. The first-order chi connectivity index (χ1) is 20.4. The number of nitrogens with zero attached hydrogens (tertiary/aromatic N) is 2. The molecule has 0 aliphatic carbocycles. The zero-order valence-electron chi connectivity index (χ0n) is 23.4. The maximum absolute atomic E-state index is 13.2. The summed E-state index contributed by atoms with van der Waals surface area (Å²) in [5.41, 5.74) is 4.22. The van der Waals surface area contributed by atoms with E-state index < -0.39 is 5.97 Å². The van der Waals surface area contributed by atoms with E-state index in [1.165, 1.54) is 6.92 Å². The Morgan fingerprint density at radius 2 is 1.33 bits per heavy atom. The second kappa shape index (κ2) is 13.0. The fourth-order valence-corrected chi connectivity index (χ4v) is 4.76. The van der Waals surface area contributed by atoms with Crippen molar-refractivity contribution in [2.75, 3.05) is 13.2 Å². The van der Waals surface area contributed by atoms with Gasteiger partial charge >= 0.3 is 11.9 Å². The number of fused-ring (bicyclic) bond motifs is 3. The smallest absolute Gasteiger partial charge is 0.331 e. The van der Waals surface area contributed by atoms with Crippen LogP contribution in [0.15, 0.2) is 102 Å². The van der Waals surface area contributed by atoms with Gasteiger partial charge < -0.3 is 18.9 Å². The number of carbonyl (C=O) groups excluding carboxylic acids is 3. The summed E-state index contributed by atoms with van der Waals surface area (Å²) < 4.78 is 13.0. The van der Waals surface area contributed by atoms with Crippen molar-refractivity contribution in [1.82, 2.24) is 4.57 Å². The molecule has 0 aliphatic rings. The molecule has 0 saturated carbocycles. The summed E-state index contributed by atoms with van der Waals surface area (Å²) in [6, 6.07) is 29.8. The van der Waals surface area contributed by atoms with Gasteiger partial charge in [0.2, 0.25) is 0 Å². The molecular weight excluding hydrogens is 532 g/mol. The third-order valence-electron chi connectivity index (χ3n) is 6.79. The van der Waals surface area contributed by atoms with Crippen molar-refractivity contribution >= 4 is 45.2 Å². The highest BCUT2D eigenvalue weighted by atomic mass is 16.7. The minimum Gasteiger partial charge on any atom is -0.490 e. The molecule has 1 aromatic heterocycles. The number of benzene rings is 4. The molecule has 0 atom stereocenters. The lowest BCUT2D eigenvalue weighted by atomic mass is 10.0. The highest BCUT2D eigenvalue weighted by Crippen LogP contribution is 2.32. The number of aryl methyl sites for hydroxylation is 1. The van der Waals surface area contributed by atoms with Gasteiger partial charge in [0, 0.05) is 46.4 Å². The van der Waals surface area contributed by atoms with E-state index in [2.05, 4.69) is 5.16 Å². The fourth-order valence-electron chi connectivity index (χ4n) is 4.76. The predicted octanol–water partition coefficient (Wildman–Crippen LogP) is 6.32. The van der Waals surface area contributed by atoms with E-state index in [0.29, 0.717) is 23.4 Å². The van der Waals surface area contributed by atoms with Gasteiger partial charge in [0.1, 0.15) is 19.0 Å². The van der Waals surface area contributed by atoms with Crippen LogP contribution in [0.2, 0.25) is 0 Å². The Kier molecular flexibility index (Phi) is 8.72. The zero-order valence-corrected chi connectivity index (χ0v) is 23.4. The fraction of sp³-hybridized carbons (Fsp3) is 0.176. The lowest BCUT2D eigenvalue weighted by Crippen LogP contribution is -2.14. The molecule has 1 heterocycles. The molecule has 0 N–H and O–H groups in total. The molecule has 8 nitrogen and oxygen atoms in total. The molecular formula is C34H30N2O6. The first-order valence-electron chi connectivity index (χ1n) is 13.6. The number of para-hydroxylation sites is 1. The third-order valence-corrected chi connectivity index (χ3v) is 6.79. The van der Waals surface area contributed by atoms with E-state index in [-0.39, 0.29) is 31.4 Å². The van der Waals surface area contributed by atoms with Gasteiger partial charge in [0.25, 0.3) is 0 Å². The molecule has 212 valence electrons. The van der Waals surface area contributed by atoms with Crippen LogP contribution in [0.25, 0.3) is 21.8 Å². The zero-order chi connectivity index (χ0) is 29.5. The summed E-state index contributed by atoms with van der Waals surface area (Å²) in [4.78, 5) is 41.9. The predicted molar refractivity (Wildman–Crippen MR) is 161 cm³/mol. The van der Waals surface area contributed by atoms with E-state index in [9.17, 15) is 14.4 Å². The van der Waals surface area contributed by atoms with Gasteiger partial charge in [0.05, 0.1) is 12.1 Å². The van der Waals surface area contributed by atoms with Crippen LogP contribution in [-0.4, -0.2) is 41.2 Å². The van der Waals surface area contributed by atoms with Gasteiger partial charge in [-0.3, -0.25) is 9.59 Å². The first kappa shape index (κ1) is 28.3. The summed E-state index contributed by atoms with van der Waals surface area (Å²) in [6.07, 6.45) is 0.156. The second-order valence-electron chi connectivity index (χ2n) is 9.70. The van der Waals surface area contributed by atoms with Crippen LogP contribution in [-0.2, 0) is 25.7 Å². The summed E-state index contributed by atoms with van der Waals surface area (Å²) in [5.74, 6) is -0.201. The Morgan fingerprint density at radius 1 is 0.714 bits per heavy atom. The van der Waals surface area contributed by atoms with Crippen LogP contribution in [0, 0.1) is 0 Å². The van der Waals surface area contributed by atoms with Crippen LogP contribution in [0.3, 0.4) is 0 Å². The van der Waals surface area contributed by atoms with Crippen molar-refractivity contribution < 1.29 is 28.7 Å². The van der Waals surface area contributed by atoms with E-state index >= 15 is 0 Å². The highest BCUT2D eigenvalue weighted by molar-refractivity contribution is 6.16. The van der Waals surface area contributed by atoms with E-state index in [4.69, 9.17) is 14.3 Å². The lowest BCUT2D eigenvalue weighted by Gasteiger charge is -2.10. The Morgan fingerprint density at radius 3 is 2.00 bits per heavy atom. The maximum Gasteiger partial charge on any atom is 0.331 e. The average molecular weight is 563 g/mol. The number of rotatable bonds is 11. The summed E-state index contributed by atoms with van der Waals surface area (Å²) in [7, 11) is 0. The monoisotopic (exact) mass is 562 g/mol. The van der Waals surface area contributed by atoms with Crippen LogP contribution in [0.1, 0.15) is 41.8 Å². The minimum atomic E-state index is -0.505. The van der Waals surface area contributed by atoms with Gasteiger partial charge in [0.15, 0.2) is 5.78 Å². The van der Waals surface area contributed by atoms with Crippen molar-refractivity contribution in [2.45, 2.75) is 26.8 Å². The van der Waals surface area contributed by atoms with E-state index in [0.717, 1.165) is 33.1 Å². The Bertz CT molecular complexity index is 1770. The lowest BCUT2D eigenvalue weighted by molar-refractivity contribution is -0.144. The van der Waals surface area contributed by atoms with Crippen LogP contribution >= 0.6 is 0 Å². The molecule has 0 fully saturated rings. The van der Waals surface area contributed by atoms with Gasteiger partial charge in [-0.05, 0) is 55.0 Å². The number of aromatic nitrogens is 1. The van der Waals surface area contributed by atoms with Crippen molar-refractivity contribution in [3.05, 3.63) is 114 Å². The molecule has 5 rings (SSSR count). The number of esters is 1. The molecule has 0 aliphatic heterocycles. The van der Waals surface area contributed by atoms with Crippen molar-refractivity contribution in [3.63, 3.8) is 0 Å². The first-order valence-corrected chi connectivity index (χ1v) is 13.6. The number of carbonyl (C=O) groups is 3. The van der Waals surface area contributed by atoms with E-state index in [1.54, 1.807) is 25.1 Å². The summed E-state index contributed by atoms with van der Waals surface area (Å²) in [6.45, 7) is 3.84.